The average Bonchev–Trinajstić information content (AvgIpc) is 3.23. The van der Waals surface area contributed by atoms with Crippen molar-refractivity contribution in [2.75, 3.05) is 49.1 Å². The Balaban J connectivity index is 1.41. The first-order chi connectivity index (χ1) is 12.7. The third kappa shape index (κ3) is 3.63. The van der Waals surface area contributed by atoms with E-state index in [-0.39, 0.29) is 5.91 Å². The van der Waals surface area contributed by atoms with E-state index in [1.54, 1.807) is 6.20 Å². The first-order valence-electron chi connectivity index (χ1n) is 9.21. The van der Waals surface area contributed by atoms with E-state index in [0.29, 0.717) is 13.1 Å². The summed E-state index contributed by atoms with van der Waals surface area (Å²) in [6, 6.07) is 11.7. The van der Waals surface area contributed by atoms with Gasteiger partial charge in [-0.1, -0.05) is 17.7 Å². The highest BCUT2D eigenvalue weighted by Crippen LogP contribution is 2.22. The molecule has 0 spiro atoms. The van der Waals surface area contributed by atoms with Crippen LogP contribution in [0.3, 0.4) is 0 Å². The van der Waals surface area contributed by atoms with Crippen molar-refractivity contribution in [2.45, 2.75) is 12.8 Å². The fraction of sp³-hybridized carbons (Fsp3) is 0.400. The molecule has 0 atom stereocenters. The summed E-state index contributed by atoms with van der Waals surface area (Å²) in [5.74, 6) is 1.02. The molecular formula is C20H23ClN4O. The minimum atomic E-state index is 0.0959. The molecule has 2 aliphatic heterocycles. The van der Waals surface area contributed by atoms with Gasteiger partial charge in [0, 0.05) is 61.7 Å². The van der Waals surface area contributed by atoms with E-state index in [9.17, 15) is 4.79 Å². The highest BCUT2D eigenvalue weighted by atomic mass is 35.5. The zero-order valence-electron chi connectivity index (χ0n) is 14.8. The number of rotatable bonds is 3. The predicted octanol–water partition coefficient (Wildman–Crippen LogP) is 3.30. The number of carbonyl (C=O) groups excluding carboxylic acids is 1. The summed E-state index contributed by atoms with van der Waals surface area (Å²) in [6.07, 6.45) is 4.15. The Labute approximate surface area is 159 Å². The lowest BCUT2D eigenvalue weighted by Crippen LogP contribution is -2.48. The highest BCUT2D eigenvalue weighted by Gasteiger charge is 2.23. The molecule has 3 heterocycles. The van der Waals surface area contributed by atoms with Crippen molar-refractivity contribution in [1.29, 1.82) is 0 Å². The van der Waals surface area contributed by atoms with Gasteiger partial charge in [-0.25, -0.2) is 4.98 Å². The lowest BCUT2D eigenvalue weighted by molar-refractivity contribution is 0.0746. The SMILES string of the molecule is O=C(c1ccnc(N2CCCC2)c1)N1CCN(c2cccc(Cl)c2)CC1. The second-order valence-electron chi connectivity index (χ2n) is 6.86. The molecule has 0 aliphatic carbocycles. The molecule has 2 aromatic rings. The fourth-order valence-corrected chi connectivity index (χ4v) is 3.88. The number of hydrogen-bond donors (Lipinski definition) is 0. The lowest BCUT2D eigenvalue weighted by Gasteiger charge is -2.36. The van der Waals surface area contributed by atoms with Gasteiger partial charge in [-0.2, -0.15) is 0 Å². The molecule has 0 N–H and O–H groups in total. The van der Waals surface area contributed by atoms with Crippen LogP contribution in [-0.4, -0.2) is 55.1 Å². The number of carbonyl (C=O) groups is 1. The van der Waals surface area contributed by atoms with Crippen LogP contribution >= 0.6 is 11.6 Å². The standard InChI is InChI=1S/C20H23ClN4O/c21-17-4-3-5-18(15-17)23-10-12-25(13-11-23)20(26)16-6-7-22-19(14-16)24-8-1-2-9-24/h3-7,14-15H,1-2,8-13H2. The van der Waals surface area contributed by atoms with Crippen LogP contribution in [0.4, 0.5) is 11.5 Å². The summed E-state index contributed by atoms with van der Waals surface area (Å²) in [4.78, 5) is 23.8. The Kier molecular flexibility index (Phi) is 4.98. The minimum Gasteiger partial charge on any atom is -0.368 e. The van der Waals surface area contributed by atoms with E-state index in [4.69, 9.17) is 11.6 Å². The lowest BCUT2D eigenvalue weighted by atomic mass is 10.2. The van der Waals surface area contributed by atoms with Crippen molar-refractivity contribution in [3.63, 3.8) is 0 Å². The summed E-state index contributed by atoms with van der Waals surface area (Å²) in [5.41, 5.74) is 1.85. The number of nitrogens with zero attached hydrogens (tertiary/aromatic N) is 4. The molecule has 1 aromatic heterocycles. The average molecular weight is 371 g/mol. The van der Waals surface area contributed by atoms with Gasteiger partial charge in [0.15, 0.2) is 0 Å². The number of piperazine rings is 1. The van der Waals surface area contributed by atoms with Gasteiger partial charge in [-0.05, 0) is 43.2 Å². The van der Waals surface area contributed by atoms with Crippen LogP contribution in [0.1, 0.15) is 23.2 Å². The zero-order chi connectivity index (χ0) is 17.9. The minimum absolute atomic E-state index is 0.0959. The Morgan fingerprint density at radius 2 is 1.69 bits per heavy atom. The smallest absolute Gasteiger partial charge is 0.254 e. The van der Waals surface area contributed by atoms with E-state index in [2.05, 4.69) is 20.9 Å². The molecular weight excluding hydrogens is 348 g/mol. The quantitative estimate of drug-likeness (QED) is 0.831. The Hall–Kier alpha value is -2.27. The summed E-state index contributed by atoms with van der Waals surface area (Å²) in [7, 11) is 0. The van der Waals surface area contributed by atoms with E-state index in [1.165, 1.54) is 12.8 Å². The van der Waals surface area contributed by atoms with E-state index >= 15 is 0 Å². The highest BCUT2D eigenvalue weighted by molar-refractivity contribution is 6.30. The van der Waals surface area contributed by atoms with Crippen molar-refractivity contribution in [3.8, 4) is 0 Å². The molecule has 136 valence electrons. The zero-order valence-corrected chi connectivity index (χ0v) is 15.5. The molecule has 2 saturated heterocycles. The van der Waals surface area contributed by atoms with Gasteiger partial charge in [0.1, 0.15) is 5.82 Å². The molecule has 26 heavy (non-hydrogen) atoms. The van der Waals surface area contributed by atoms with Gasteiger partial charge >= 0.3 is 0 Å². The molecule has 0 radical (unpaired) electrons. The number of pyridine rings is 1. The molecule has 2 fully saturated rings. The monoisotopic (exact) mass is 370 g/mol. The van der Waals surface area contributed by atoms with Crippen LogP contribution < -0.4 is 9.80 Å². The van der Waals surface area contributed by atoms with Crippen LogP contribution in [0.25, 0.3) is 0 Å². The number of aromatic nitrogens is 1. The normalized spacial score (nSPS) is 17.7. The number of hydrogen-bond acceptors (Lipinski definition) is 4. The maximum Gasteiger partial charge on any atom is 0.254 e. The van der Waals surface area contributed by atoms with Gasteiger partial charge in [0.25, 0.3) is 5.91 Å². The number of anilines is 2. The second kappa shape index (κ2) is 7.54. The molecule has 2 aliphatic rings. The molecule has 5 nitrogen and oxygen atoms in total. The van der Waals surface area contributed by atoms with Crippen LogP contribution in [-0.2, 0) is 0 Å². The summed E-state index contributed by atoms with van der Waals surface area (Å²) in [5, 5.41) is 0.743. The summed E-state index contributed by atoms with van der Waals surface area (Å²) >= 11 is 6.09. The first kappa shape index (κ1) is 17.2. The van der Waals surface area contributed by atoms with Crippen LogP contribution in [0.2, 0.25) is 5.02 Å². The van der Waals surface area contributed by atoms with Gasteiger partial charge in [0.05, 0.1) is 0 Å². The molecule has 0 unspecified atom stereocenters. The number of amides is 1. The van der Waals surface area contributed by atoms with Crippen molar-refractivity contribution in [1.82, 2.24) is 9.88 Å². The second-order valence-corrected chi connectivity index (χ2v) is 7.29. The van der Waals surface area contributed by atoms with Crippen molar-refractivity contribution in [2.24, 2.45) is 0 Å². The number of halogens is 1. The van der Waals surface area contributed by atoms with Crippen molar-refractivity contribution in [3.05, 3.63) is 53.2 Å². The number of benzene rings is 1. The largest absolute Gasteiger partial charge is 0.368 e. The Morgan fingerprint density at radius 1 is 0.923 bits per heavy atom. The molecule has 0 bridgehead atoms. The third-order valence-corrected chi connectivity index (χ3v) is 5.40. The van der Waals surface area contributed by atoms with Gasteiger partial charge in [-0.3, -0.25) is 4.79 Å². The van der Waals surface area contributed by atoms with E-state index in [0.717, 1.165) is 48.3 Å². The van der Waals surface area contributed by atoms with E-state index in [1.807, 2.05) is 35.2 Å². The van der Waals surface area contributed by atoms with Gasteiger partial charge in [-0.15, -0.1) is 0 Å². The molecule has 0 saturated carbocycles. The fourth-order valence-electron chi connectivity index (χ4n) is 3.69. The van der Waals surface area contributed by atoms with Crippen LogP contribution in [0.5, 0.6) is 0 Å². The molecule has 1 aromatic carbocycles. The molecule has 6 heteroatoms. The molecule has 1 amide bonds. The predicted molar refractivity (Wildman–Crippen MR) is 105 cm³/mol. The van der Waals surface area contributed by atoms with Gasteiger partial charge in [0.2, 0.25) is 0 Å². The van der Waals surface area contributed by atoms with Crippen molar-refractivity contribution >= 4 is 29.0 Å². The summed E-state index contributed by atoms with van der Waals surface area (Å²) in [6.45, 7) is 5.12. The summed E-state index contributed by atoms with van der Waals surface area (Å²) < 4.78 is 0. The van der Waals surface area contributed by atoms with E-state index < -0.39 is 0 Å². The van der Waals surface area contributed by atoms with Gasteiger partial charge < -0.3 is 14.7 Å². The third-order valence-electron chi connectivity index (χ3n) is 5.16. The Morgan fingerprint density at radius 3 is 2.42 bits per heavy atom. The topological polar surface area (TPSA) is 39.7 Å². The Bertz CT molecular complexity index is 783. The van der Waals surface area contributed by atoms with Crippen molar-refractivity contribution < 1.29 is 4.79 Å². The maximum absolute atomic E-state index is 12.9. The first-order valence-corrected chi connectivity index (χ1v) is 9.59. The van der Waals surface area contributed by atoms with Crippen LogP contribution in [0, 0.1) is 0 Å². The van der Waals surface area contributed by atoms with Crippen LogP contribution in [0.15, 0.2) is 42.6 Å². The molecule has 4 rings (SSSR count). The maximum atomic E-state index is 12.9.